The van der Waals surface area contributed by atoms with Gasteiger partial charge < -0.3 is 20.1 Å². The summed E-state index contributed by atoms with van der Waals surface area (Å²) in [6, 6.07) is 13.9. The van der Waals surface area contributed by atoms with E-state index in [2.05, 4.69) is 25.3 Å². The summed E-state index contributed by atoms with van der Waals surface area (Å²) in [6.07, 6.45) is 1.05. The molecule has 2 amide bonds. The van der Waals surface area contributed by atoms with E-state index in [0.29, 0.717) is 11.3 Å². The molecule has 3 aromatic rings. The minimum Gasteiger partial charge on any atom is -0.497 e. The Hall–Kier alpha value is -4.27. The molecule has 1 heterocycles. The third-order valence-corrected chi connectivity index (χ3v) is 4.35. The van der Waals surface area contributed by atoms with Gasteiger partial charge >= 0.3 is 5.97 Å². The predicted octanol–water partition coefficient (Wildman–Crippen LogP) is 2.13. The minimum atomic E-state index is -2.21. The highest BCUT2D eigenvalue weighted by Crippen LogP contribution is 2.12. The first-order valence-electron chi connectivity index (χ1n) is 10.5. The lowest BCUT2D eigenvalue weighted by atomic mass is 10.1. The fraction of sp³-hybridized carbons (Fsp3) is 0.174. The molecule has 0 aliphatic heterocycles. The molecule has 3 rings (SSSR count). The van der Waals surface area contributed by atoms with Gasteiger partial charge in [0.05, 0.1) is 22.5 Å². The predicted molar refractivity (Wildman–Crippen MR) is 115 cm³/mol. The molecule has 1 aromatic heterocycles. The topological polar surface area (TPSA) is 120 Å². The second-order valence-corrected chi connectivity index (χ2v) is 6.47. The van der Waals surface area contributed by atoms with Crippen LogP contribution in [0.2, 0.25) is 0 Å². The average molecular weight is 436 g/mol. The molecule has 164 valence electrons. The molecule has 0 saturated carbocycles. The van der Waals surface area contributed by atoms with Gasteiger partial charge in [0.2, 0.25) is 0 Å². The zero-order valence-corrected chi connectivity index (χ0v) is 17.4. The van der Waals surface area contributed by atoms with Gasteiger partial charge in [-0.1, -0.05) is 24.3 Å². The molecule has 0 saturated heterocycles. The number of hydrogen-bond acceptors (Lipinski definition) is 7. The van der Waals surface area contributed by atoms with Crippen molar-refractivity contribution in [1.82, 2.24) is 20.6 Å². The van der Waals surface area contributed by atoms with E-state index in [4.69, 9.17) is 7.48 Å². The van der Waals surface area contributed by atoms with Crippen molar-refractivity contribution in [3.05, 3.63) is 89.0 Å². The normalized spacial score (nSPS) is 11.6. The third-order valence-electron chi connectivity index (χ3n) is 4.35. The first-order chi connectivity index (χ1) is 16.2. The van der Waals surface area contributed by atoms with Crippen LogP contribution in [0.4, 0.5) is 0 Å². The van der Waals surface area contributed by atoms with Gasteiger partial charge in [-0.25, -0.2) is 14.8 Å². The summed E-state index contributed by atoms with van der Waals surface area (Å²) < 4.78 is 26.1. The monoisotopic (exact) mass is 436 g/mol. The molecule has 2 N–H and O–H groups in total. The summed E-state index contributed by atoms with van der Waals surface area (Å²) in [5.74, 6) is -1.39. The Kier molecular flexibility index (Phi) is 6.56. The molecule has 9 heteroatoms. The first kappa shape index (κ1) is 19.7. The number of carbonyl (C=O) groups excluding carboxylic acids is 3. The molecule has 0 spiro atoms. The van der Waals surface area contributed by atoms with Crippen molar-refractivity contribution in [1.29, 1.82) is 0 Å². The minimum absolute atomic E-state index is 0.0618. The van der Waals surface area contributed by atoms with E-state index >= 15 is 0 Å². The number of nitrogens with zero attached hydrogens (tertiary/aromatic N) is 2. The number of aromatic nitrogens is 2. The van der Waals surface area contributed by atoms with Crippen LogP contribution in [0.5, 0.6) is 5.75 Å². The molecule has 0 radical (unpaired) electrons. The first-order valence-corrected chi connectivity index (χ1v) is 9.48. The van der Waals surface area contributed by atoms with Crippen LogP contribution >= 0.6 is 0 Å². The Labute approximate surface area is 187 Å². The van der Waals surface area contributed by atoms with Crippen molar-refractivity contribution in [2.45, 2.75) is 13.0 Å². The van der Waals surface area contributed by atoms with Crippen molar-refractivity contribution in [3.8, 4) is 5.75 Å². The average Bonchev–Trinajstić information content (AvgIpc) is 2.87. The molecule has 0 aliphatic carbocycles. The number of nitrogens with one attached hydrogen (secondary N) is 2. The summed E-state index contributed by atoms with van der Waals surface area (Å²) in [4.78, 5) is 44.3. The summed E-state index contributed by atoms with van der Waals surface area (Å²) in [5, 5.41) is 4.93. The Morgan fingerprint density at radius 1 is 0.906 bits per heavy atom. The number of ether oxygens (including phenoxy) is 2. The van der Waals surface area contributed by atoms with Gasteiger partial charge in [-0.3, -0.25) is 9.59 Å². The molecule has 0 fully saturated rings. The molecule has 2 aromatic carbocycles. The maximum Gasteiger partial charge on any atom is 0.337 e. The van der Waals surface area contributed by atoms with Crippen molar-refractivity contribution < 1.29 is 26.6 Å². The zero-order chi connectivity index (χ0) is 24.7. The summed E-state index contributed by atoms with van der Waals surface area (Å²) in [6.45, 7) is -2.06. The fourth-order valence-corrected chi connectivity index (χ4v) is 2.65. The quantitative estimate of drug-likeness (QED) is 0.519. The van der Waals surface area contributed by atoms with Crippen LogP contribution < -0.4 is 15.4 Å². The molecular weight excluding hydrogens is 412 g/mol. The zero-order valence-electron chi connectivity index (χ0n) is 19.4. The lowest BCUT2D eigenvalue weighted by Crippen LogP contribution is -2.27. The van der Waals surface area contributed by atoms with E-state index in [9.17, 15) is 14.4 Å². The van der Waals surface area contributed by atoms with Crippen molar-refractivity contribution in [3.63, 3.8) is 0 Å². The van der Waals surface area contributed by atoms with Gasteiger partial charge in [0.25, 0.3) is 11.8 Å². The van der Waals surface area contributed by atoms with Gasteiger partial charge in [-0.15, -0.1) is 0 Å². The highest BCUT2D eigenvalue weighted by atomic mass is 16.5. The highest BCUT2D eigenvalue weighted by molar-refractivity contribution is 5.97. The second kappa shape index (κ2) is 10.7. The van der Waals surface area contributed by atoms with Gasteiger partial charge in [-0.2, -0.15) is 0 Å². The Morgan fingerprint density at radius 2 is 1.59 bits per heavy atom. The number of rotatable bonds is 8. The van der Waals surface area contributed by atoms with Gasteiger partial charge in [0.1, 0.15) is 23.5 Å². The Bertz CT molecular complexity index is 1200. The van der Waals surface area contributed by atoms with E-state index in [1.165, 1.54) is 32.4 Å². The number of amides is 2. The molecule has 9 nitrogen and oxygen atoms in total. The van der Waals surface area contributed by atoms with Crippen LogP contribution in [-0.2, 0) is 17.8 Å². The molecule has 0 bridgehead atoms. The van der Waals surface area contributed by atoms with Crippen molar-refractivity contribution in [2.24, 2.45) is 0 Å². The smallest absolute Gasteiger partial charge is 0.337 e. The van der Waals surface area contributed by atoms with Crippen LogP contribution in [0, 0.1) is 0 Å². The third kappa shape index (κ3) is 5.88. The van der Waals surface area contributed by atoms with Gasteiger partial charge in [0, 0.05) is 19.1 Å². The second-order valence-electron chi connectivity index (χ2n) is 6.47. The fourth-order valence-electron chi connectivity index (χ4n) is 2.65. The highest BCUT2D eigenvalue weighted by Gasteiger charge is 2.13. The standard InChI is InChI=1S/C23H22N4O5/c1-31-18-5-3-4-16(10-18)13-25-22(29)20-11-19(26-14-27-20)21(28)24-12-15-6-8-17(9-7-15)23(30)32-2/h3-11,14H,12-13H2,1-2H3,(H,24,28)(H,25,29)/i13D2. The van der Waals surface area contributed by atoms with Crippen molar-refractivity contribution >= 4 is 17.8 Å². The summed E-state index contributed by atoms with van der Waals surface area (Å²) in [7, 11) is 2.75. The Morgan fingerprint density at radius 3 is 2.25 bits per heavy atom. The van der Waals surface area contributed by atoms with E-state index in [-0.39, 0.29) is 23.5 Å². The maximum atomic E-state index is 12.6. The molecule has 0 aliphatic rings. The lowest BCUT2D eigenvalue weighted by molar-refractivity contribution is 0.0600. The lowest BCUT2D eigenvalue weighted by Gasteiger charge is -2.08. The number of hydrogen-bond donors (Lipinski definition) is 2. The summed E-state index contributed by atoms with van der Waals surface area (Å²) >= 11 is 0. The van der Waals surface area contributed by atoms with Crippen molar-refractivity contribution in [2.75, 3.05) is 14.2 Å². The SMILES string of the molecule is [2H]C([2H])(NC(=O)c1cc(C(=O)NCc2ccc(C(=O)OC)cc2)ncn1)c1cccc(OC)c1. The summed E-state index contributed by atoms with van der Waals surface area (Å²) in [5.41, 5.74) is 1.07. The van der Waals surface area contributed by atoms with E-state index in [0.717, 1.165) is 11.9 Å². The van der Waals surface area contributed by atoms with E-state index in [1.54, 1.807) is 36.4 Å². The molecule has 32 heavy (non-hydrogen) atoms. The number of methoxy groups -OCH3 is 2. The van der Waals surface area contributed by atoms with E-state index < -0.39 is 24.3 Å². The number of benzene rings is 2. The van der Waals surface area contributed by atoms with Gasteiger partial charge in [-0.05, 0) is 35.4 Å². The molecule has 0 unspecified atom stereocenters. The Balaban J connectivity index is 1.65. The number of carbonyl (C=O) groups is 3. The largest absolute Gasteiger partial charge is 0.497 e. The van der Waals surface area contributed by atoms with E-state index in [1.807, 2.05) is 0 Å². The number of esters is 1. The maximum absolute atomic E-state index is 12.6. The van der Waals surface area contributed by atoms with Crippen LogP contribution in [0.25, 0.3) is 0 Å². The molecule has 0 atom stereocenters. The molecular formula is C23H22N4O5. The van der Waals surface area contributed by atoms with Gasteiger partial charge in [0.15, 0.2) is 0 Å². The van der Waals surface area contributed by atoms with Crippen LogP contribution in [-0.4, -0.2) is 42.0 Å². The van der Waals surface area contributed by atoms with Crippen LogP contribution in [0.1, 0.15) is 45.2 Å². The van der Waals surface area contributed by atoms with Crippen LogP contribution in [0.3, 0.4) is 0 Å². The van der Waals surface area contributed by atoms with Crippen LogP contribution in [0.15, 0.2) is 60.9 Å².